The van der Waals surface area contributed by atoms with E-state index >= 15 is 0 Å². The smallest absolute Gasteiger partial charge is 0.258 e. The SMILES string of the molecule is CNC1C=C(C(C)(C)C)ON1.Cc1cccnc1-c1noc(-c2ccc(NC=O)cc2)n1. The number of allylic oxidation sites excluding steroid dienone is 1. The fourth-order valence-electron chi connectivity index (χ4n) is 2.83. The van der Waals surface area contributed by atoms with Gasteiger partial charge in [-0.2, -0.15) is 4.98 Å². The predicted molar refractivity (Wildman–Crippen MR) is 122 cm³/mol. The topological polar surface area (TPSA) is 114 Å². The molecule has 9 nitrogen and oxygen atoms in total. The molecule has 0 saturated heterocycles. The molecular weight excluding hydrogens is 408 g/mol. The van der Waals surface area contributed by atoms with Crippen LogP contribution in [0, 0.1) is 12.3 Å². The Balaban J connectivity index is 0.000000222. The summed E-state index contributed by atoms with van der Waals surface area (Å²) in [7, 11) is 1.89. The number of carbonyl (C=O) groups is 1. The maximum atomic E-state index is 10.4. The number of nitrogens with zero attached hydrogens (tertiary/aromatic N) is 3. The summed E-state index contributed by atoms with van der Waals surface area (Å²) < 4.78 is 5.27. The lowest BCUT2D eigenvalue weighted by molar-refractivity contribution is -0.105. The fraction of sp³-hybridized carbons (Fsp3) is 0.304. The minimum Gasteiger partial charge on any atom is -0.411 e. The Kier molecular flexibility index (Phi) is 7.34. The van der Waals surface area contributed by atoms with Gasteiger partial charge in [0.2, 0.25) is 12.2 Å². The van der Waals surface area contributed by atoms with Crippen molar-refractivity contribution >= 4 is 12.1 Å². The van der Waals surface area contributed by atoms with E-state index in [0.29, 0.717) is 29.5 Å². The highest BCUT2D eigenvalue weighted by atomic mass is 16.7. The monoisotopic (exact) mass is 436 g/mol. The number of aryl methyl sites for hydroxylation is 1. The van der Waals surface area contributed by atoms with Crippen LogP contribution in [0.3, 0.4) is 0 Å². The zero-order valence-electron chi connectivity index (χ0n) is 18.8. The first-order chi connectivity index (χ1) is 15.3. The minimum atomic E-state index is 0.0958. The second kappa shape index (κ2) is 10.2. The van der Waals surface area contributed by atoms with Crippen LogP contribution in [0.15, 0.2) is 59.0 Å². The molecule has 9 heteroatoms. The van der Waals surface area contributed by atoms with E-state index in [9.17, 15) is 4.79 Å². The molecule has 1 aliphatic rings. The quantitative estimate of drug-likeness (QED) is 0.519. The number of carbonyl (C=O) groups excluding carboxylic acids is 1. The number of pyridine rings is 1. The molecular formula is C23H28N6O3. The third kappa shape index (κ3) is 5.77. The summed E-state index contributed by atoms with van der Waals surface area (Å²) in [5.74, 6) is 1.86. The van der Waals surface area contributed by atoms with Gasteiger partial charge in [0.25, 0.3) is 5.89 Å². The largest absolute Gasteiger partial charge is 0.411 e. The van der Waals surface area contributed by atoms with Gasteiger partial charge in [-0.15, -0.1) is 5.48 Å². The van der Waals surface area contributed by atoms with Crippen molar-refractivity contribution in [2.24, 2.45) is 5.41 Å². The van der Waals surface area contributed by atoms with E-state index in [2.05, 4.69) is 58.1 Å². The Hall–Kier alpha value is -3.56. The highest BCUT2D eigenvalue weighted by Gasteiger charge is 2.25. The summed E-state index contributed by atoms with van der Waals surface area (Å²) in [4.78, 5) is 24.2. The number of nitrogens with one attached hydrogen (secondary N) is 3. The van der Waals surface area contributed by atoms with Gasteiger partial charge < -0.3 is 14.7 Å². The lowest BCUT2D eigenvalue weighted by Gasteiger charge is -2.17. The number of aromatic nitrogens is 3. The zero-order chi connectivity index (χ0) is 23.1. The van der Waals surface area contributed by atoms with Crippen LogP contribution in [0.1, 0.15) is 26.3 Å². The maximum Gasteiger partial charge on any atom is 0.258 e. The molecule has 1 atom stereocenters. The van der Waals surface area contributed by atoms with Crippen LogP contribution in [-0.2, 0) is 9.63 Å². The third-order valence-corrected chi connectivity index (χ3v) is 4.67. The Bertz CT molecular complexity index is 1070. The molecule has 3 aromatic rings. The van der Waals surface area contributed by atoms with E-state index in [1.165, 1.54) is 0 Å². The van der Waals surface area contributed by atoms with Crippen molar-refractivity contribution in [3.63, 3.8) is 0 Å². The number of hydrogen-bond acceptors (Lipinski definition) is 8. The first-order valence-electron chi connectivity index (χ1n) is 10.2. The molecule has 0 aliphatic carbocycles. The molecule has 0 bridgehead atoms. The second-order valence-electron chi connectivity index (χ2n) is 8.20. The van der Waals surface area contributed by atoms with Crippen molar-refractivity contribution in [3.05, 3.63) is 60.0 Å². The molecule has 0 saturated carbocycles. The molecule has 1 amide bonds. The zero-order valence-corrected chi connectivity index (χ0v) is 18.8. The second-order valence-corrected chi connectivity index (χ2v) is 8.20. The standard InChI is InChI=1S/C15H12N4O2.C8H16N2O/c1-10-3-2-8-16-13(10)14-18-15(21-19-14)11-4-6-12(7-5-11)17-9-20;1-8(2,3)6-5-7(9-4)10-11-6/h2-9H,1H3,(H,17,20);5,7,9-10H,1-4H3. The van der Waals surface area contributed by atoms with E-state index < -0.39 is 0 Å². The van der Waals surface area contributed by atoms with Crippen LogP contribution >= 0.6 is 0 Å². The Labute approximate surface area is 187 Å². The van der Waals surface area contributed by atoms with Crippen molar-refractivity contribution < 1.29 is 14.2 Å². The third-order valence-electron chi connectivity index (χ3n) is 4.67. The molecule has 3 N–H and O–H groups in total. The molecule has 1 aromatic carbocycles. The summed E-state index contributed by atoms with van der Waals surface area (Å²) in [6.07, 6.45) is 4.53. The number of anilines is 1. The van der Waals surface area contributed by atoms with E-state index in [4.69, 9.17) is 9.36 Å². The minimum absolute atomic E-state index is 0.0958. The molecule has 32 heavy (non-hydrogen) atoms. The van der Waals surface area contributed by atoms with Gasteiger partial charge in [0.1, 0.15) is 17.6 Å². The van der Waals surface area contributed by atoms with Crippen molar-refractivity contribution in [2.45, 2.75) is 33.9 Å². The Morgan fingerprint density at radius 1 is 1.16 bits per heavy atom. The van der Waals surface area contributed by atoms with Gasteiger partial charge >= 0.3 is 0 Å². The van der Waals surface area contributed by atoms with Crippen LogP contribution in [0.4, 0.5) is 5.69 Å². The maximum absolute atomic E-state index is 10.4. The Morgan fingerprint density at radius 2 is 1.91 bits per heavy atom. The number of hydrogen-bond donors (Lipinski definition) is 3. The van der Waals surface area contributed by atoms with Gasteiger partial charge in [0, 0.05) is 22.9 Å². The first kappa shape index (κ1) is 23.1. The summed E-state index contributed by atoms with van der Waals surface area (Å²) in [5, 5.41) is 9.58. The number of likely N-dealkylation sites (N-methyl/N-ethyl adjacent to an activating group) is 1. The van der Waals surface area contributed by atoms with Crippen LogP contribution < -0.4 is 16.1 Å². The molecule has 0 fully saturated rings. The summed E-state index contributed by atoms with van der Waals surface area (Å²) in [6.45, 7) is 8.31. The molecule has 3 heterocycles. The fourth-order valence-corrected chi connectivity index (χ4v) is 2.83. The van der Waals surface area contributed by atoms with E-state index in [0.717, 1.165) is 16.9 Å². The molecule has 4 rings (SSSR count). The average molecular weight is 437 g/mol. The van der Waals surface area contributed by atoms with Gasteiger partial charge in [-0.1, -0.05) is 32.0 Å². The van der Waals surface area contributed by atoms with Gasteiger partial charge in [0.15, 0.2) is 0 Å². The van der Waals surface area contributed by atoms with E-state index in [1.54, 1.807) is 30.5 Å². The predicted octanol–water partition coefficient (Wildman–Crippen LogP) is 3.67. The first-order valence-corrected chi connectivity index (χ1v) is 10.2. The summed E-state index contributed by atoms with van der Waals surface area (Å²) in [5.41, 5.74) is 6.12. The van der Waals surface area contributed by atoms with Gasteiger partial charge in [-0.3, -0.25) is 15.1 Å². The summed E-state index contributed by atoms with van der Waals surface area (Å²) >= 11 is 0. The normalized spacial score (nSPS) is 15.3. The average Bonchev–Trinajstić information content (AvgIpc) is 3.45. The molecule has 1 unspecified atom stereocenters. The lowest BCUT2D eigenvalue weighted by atomic mass is 9.94. The van der Waals surface area contributed by atoms with Crippen molar-refractivity contribution in [1.29, 1.82) is 0 Å². The van der Waals surface area contributed by atoms with Gasteiger partial charge in [0.05, 0.1) is 0 Å². The van der Waals surface area contributed by atoms with Crippen molar-refractivity contribution in [1.82, 2.24) is 25.9 Å². The molecule has 168 valence electrons. The summed E-state index contributed by atoms with van der Waals surface area (Å²) in [6, 6.07) is 10.9. The number of rotatable bonds is 5. The molecule has 1 aliphatic heterocycles. The number of benzene rings is 1. The lowest BCUT2D eigenvalue weighted by Crippen LogP contribution is -2.33. The molecule has 0 radical (unpaired) electrons. The van der Waals surface area contributed by atoms with Gasteiger partial charge in [-0.25, -0.2) is 0 Å². The van der Waals surface area contributed by atoms with Crippen LogP contribution in [-0.4, -0.2) is 34.7 Å². The number of amides is 1. The molecule has 2 aromatic heterocycles. The van der Waals surface area contributed by atoms with Gasteiger partial charge in [-0.05, 0) is 55.9 Å². The van der Waals surface area contributed by atoms with E-state index in [-0.39, 0.29) is 11.6 Å². The van der Waals surface area contributed by atoms with Crippen LogP contribution in [0.2, 0.25) is 0 Å². The highest BCUT2D eigenvalue weighted by molar-refractivity contribution is 5.72. The van der Waals surface area contributed by atoms with Crippen LogP contribution in [0.25, 0.3) is 23.0 Å². The van der Waals surface area contributed by atoms with Crippen molar-refractivity contribution in [2.75, 3.05) is 12.4 Å². The molecule has 0 spiro atoms. The van der Waals surface area contributed by atoms with Crippen LogP contribution in [0.5, 0.6) is 0 Å². The number of hydroxylamine groups is 1. The Morgan fingerprint density at radius 3 is 2.47 bits per heavy atom. The van der Waals surface area contributed by atoms with Crippen molar-refractivity contribution in [3.8, 4) is 23.0 Å². The van der Waals surface area contributed by atoms with E-state index in [1.807, 2.05) is 26.1 Å². The highest BCUT2D eigenvalue weighted by Crippen LogP contribution is 2.28.